The number of non-ortho nitro benzene ring substituents is 1. The van der Waals surface area contributed by atoms with Crippen molar-refractivity contribution in [1.29, 1.82) is 5.26 Å². The van der Waals surface area contributed by atoms with E-state index in [0.717, 1.165) is 5.56 Å². The minimum Gasteiger partial charge on any atom is -0.436 e. The van der Waals surface area contributed by atoms with Crippen LogP contribution in [0.4, 0.5) is 5.69 Å². The molecule has 0 amide bonds. The molecule has 1 heterocycles. The molecule has 0 radical (unpaired) electrons. The lowest BCUT2D eigenvalue weighted by Gasteiger charge is -2.10. The van der Waals surface area contributed by atoms with Crippen LogP contribution in [0, 0.1) is 35.3 Å². The molecule has 0 spiro atoms. The Morgan fingerprint density at radius 1 is 1.38 bits per heavy atom. The molecule has 0 aliphatic rings. The standard InChI is InChI=1S/C14H10ClN3O3/c1-8-5-9(2)17-14(11(8)7-16)21-13-4-3-10(18(19)20)6-12(13)15/h3-6H,1-2H3. The molecule has 0 aliphatic heterocycles. The summed E-state index contributed by atoms with van der Waals surface area (Å²) in [7, 11) is 0. The molecule has 2 rings (SSSR count). The van der Waals surface area contributed by atoms with Crippen molar-refractivity contribution in [1.82, 2.24) is 4.98 Å². The molecule has 7 heteroatoms. The Morgan fingerprint density at radius 3 is 2.67 bits per heavy atom. The quantitative estimate of drug-likeness (QED) is 0.633. The van der Waals surface area contributed by atoms with Crippen LogP contribution in [0.5, 0.6) is 11.6 Å². The van der Waals surface area contributed by atoms with Crippen molar-refractivity contribution in [2.45, 2.75) is 13.8 Å². The minimum atomic E-state index is -0.550. The van der Waals surface area contributed by atoms with E-state index in [1.807, 2.05) is 6.07 Å². The summed E-state index contributed by atoms with van der Waals surface area (Å²) in [5.74, 6) is 0.335. The van der Waals surface area contributed by atoms with Crippen molar-refractivity contribution >= 4 is 17.3 Å². The highest BCUT2D eigenvalue weighted by atomic mass is 35.5. The first-order chi connectivity index (χ1) is 9.92. The summed E-state index contributed by atoms with van der Waals surface area (Å²) >= 11 is 5.96. The van der Waals surface area contributed by atoms with Crippen LogP contribution in [0.25, 0.3) is 0 Å². The van der Waals surface area contributed by atoms with E-state index in [1.54, 1.807) is 19.9 Å². The van der Waals surface area contributed by atoms with Gasteiger partial charge in [0.2, 0.25) is 5.88 Å². The number of hydrogen-bond donors (Lipinski definition) is 0. The number of benzene rings is 1. The number of ether oxygens (including phenoxy) is 1. The number of aryl methyl sites for hydroxylation is 2. The average molecular weight is 304 g/mol. The van der Waals surface area contributed by atoms with Crippen LogP contribution >= 0.6 is 11.6 Å². The van der Waals surface area contributed by atoms with Gasteiger partial charge in [-0.15, -0.1) is 0 Å². The lowest BCUT2D eigenvalue weighted by molar-refractivity contribution is -0.384. The van der Waals surface area contributed by atoms with Gasteiger partial charge in [-0.25, -0.2) is 4.98 Å². The number of pyridine rings is 1. The van der Waals surface area contributed by atoms with E-state index in [4.69, 9.17) is 21.6 Å². The number of rotatable bonds is 3. The molecule has 0 saturated carbocycles. The molecule has 106 valence electrons. The van der Waals surface area contributed by atoms with Gasteiger partial charge in [0.05, 0.1) is 9.95 Å². The van der Waals surface area contributed by atoms with Crippen LogP contribution in [0.2, 0.25) is 5.02 Å². The highest BCUT2D eigenvalue weighted by Crippen LogP contribution is 2.33. The molecule has 0 atom stereocenters. The van der Waals surface area contributed by atoms with Crippen LogP contribution in [0.1, 0.15) is 16.8 Å². The fraction of sp³-hybridized carbons (Fsp3) is 0.143. The van der Waals surface area contributed by atoms with Crippen LogP contribution in [-0.4, -0.2) is 9.91 Å². The van der Waals surface area contributed by atoms with Gasteiger partial charge in [0.1, 0.15) is 17.4 Å². The second-order valence-electron chi connectivity index (χ2n) is 4.35. The predicted molar refractivity (Wildman–Crippen MR) is 76.6 cm³/mol. The third-order valence-electron chi connectivity index (χ3n) is 2.76. The molecule has 0 saturated heterocycles. The van der Waals surface area contributed by atoms with E-state index in [-0.39, 0.29) is 22.3 Å². The van der Waals surface area contributed by atoms with Crippen molar-refractivity contribution < 1.29 is 9.66 Å². The van der Waals surface area contributed by atoms with E-state index < -0.39 is 4.92 Å². The van der Waals surface area contributed by atoms with Crippen molar-refractivity contribution in [3.63, 3.8) is 0 Å². The number of nitro groups is 1. The Bertz CT molecular complexity index is 769. The second kappa shape index (κ2) is 5.77. The lowest BCUT2D eigenvalue weighted by atomic mass is 10.1. The summed E-state index contributed by atoms with van der Waals surface area (Å²) in [6.45, 7) is 3.55. The molecule has 0 N–H and O–H groups in total. The fourth-order valence-electron chi connectivity index (χ4n) is 1.80. The van der Waals surface area contributed by atoms with E-state index in [9.17, 15) is 10.1 Å². The van der Waals surface area contributed by atoms with Crippen LogP contribution in [-0.2, 0) is 0 Å². The van der Waals surface area contributed by atoms with E-state index in [0.29, 0.717) is 11.3 Å². The first-order valence-corrected chi connectivity index (χ1v) is 6.30. The Hall–Kier alpha value is -2.65. The van der Waals surface area contributed by atoms with Gasteiger partial charge in [-0.2, -0.15) is 5.26 Å². The van der Waals surface area contributed by atoms with E-state index in [1.165, 1.54) is 18.2 Å². The second-order valence-corrected chi connectivity index (χ2v) is 4.75. The summed E-state index contributed by atoms with van der Waals surface area (Å²) in [5, 5.41) is 19.9. The van der Waals surface area contributed by atoms with Gasteiger partial charge in [0, 0.05) is 17.8 Å². The molecule has 1 aromatic carbocycles. The number of nitro benzene ring substituents is 1. The van der Waals surface area contributed by atoms with Crippen LogP contribution < -0.4 is 4.74 Å². The van der Waals surface area contributed by atoms with Crippen molar-refractivity contribution in [2.75, 3.05) is 0 Å². The highest BCUT2D eigenvalue weighted by molar-refractivity contribution is 6.32. The maximum atomic E-state index is 10.7. The molecular weight excluding hydrogens is 294 g/mol. The molecule has 6 nitrogen and oxygen atoms in total. The van der Waals surface area contributed by atoms with Gasteiger partial charge in [-0.1, -0.05) is 11.6 Å². The summed E-state index contributed by atoms with van der Waals surface area (Å²) in [6, 6.07) is 7.62. The SMILES string of the molecule is Cc1cc(C)c(C#N)c(Oc2ccc([N+](=O)[O-])cc2Cl)n1. The Balaban J connectivity index is 2.44. The molecule has 0 aliphatic carbocycles. The maximum absolute atomic E-state index is 10.7. The van der Waals surface area contributed by atoms with Crippen molar-refractivity contribution in [2.24, 2.45) is 0 Å². The first kappa shape index (κ1) is 14.8. The molecular formula is C14H10ClN3O3. The minimum absolute atomic E-state index is 0.0778. The lowest BCUT2D eigenvalue weighted by Crippen LogP contribution is -1.97. The molecule has 0 fully saturated rings. The van der Waals surface area contributed by atoms with Gasteiger partial charge in [-0.3, -0.25) is 10.1 Å². The maximum Gasteiger partial charge on any atom is 0.271 e. The zero-order chi connectivity index (χ0) is 15.6. The molecule has 0 bridgehead atoms. The summed E-state index contributed by atoms with van der Waals surface area (Å²) < 4.78 is 5.54. The zero-order valence-electron chi connectivity index (χ0n) is 11.3. The fourth-order valence-corrected chi connectivity index (χ4v) is 2.02. The Labute approximate surface area is 125 Å². The van der Waals surface area contributed by atoms with Gasteiger partial charge < -0.3 is 4.74 Å². The van der Waals surface area contributed by atoms with Crippen molar-refractivity contribution in [3.05, 3.63) is 56.2 Å². The van der Waals surface area contributed by atoms with E-state index in [2.05, 4.69) is 4.98 Å². The number of aromatic nitrogens is 1. The monoisotopic (exact) mass is 303 g/mol. The Kier molecular flexibility index (Phi) is 4.05. The van der Waals surface area contributed by atoms with Gasteiger partial charge in [-0.05, 0) is 31.5 Å². The van der Waals surface area contributed by atoms with Gasteiger partial charge in [0.25, 0.3) is 5.69 Å². The van der Waals surface area contributed by atoms with Crippen LogP contribution in [0.3, 0.4) is 0 Å². The van der Waals surface area contributed by atoms with Gasteiger partial charge >= 0.3 is 0 Å². The summed E-state index contributed by atoms with van der Waals surface area (Å²) in [5.41, 5.74) is 1.59. The molecule has 2 aromatic rings. The third kappa shape index (κ3) is 3.09. The van der Waals surface area contributed by atoms with Gasteiger partial charge in [0.15, 0.2) is 0 Å². The molecule has 21 heavy (non-hydrogen) atoms. The normalized spacial score (nSPS) is 10.0. The number of nitrogens with zero attached hydrogens (tertiary/aromatic N) is 3. The Morgan fingerprint density at radius 2 is 2.10 bits per heavy atom. The number of nitriles is 1. The average Bonchev–Trinajstić information content (AvgIpc) is 2.40. The van der Waals surface area contributed by atoms with Crippen molar-refractivity contribution in [3.8, 4) is 17.7 Å². The zero-order valence-corrected chi connectivity index (χ0v) is 12.0. The number of halogens is 1. The topological polar surface area (TPSA) is 89.0 Å². The molecule has 0 unspecified atom stereocenters. The summed E-state index contributed by atoms with van der Waals surface area (Å²) in [6.07, 6.45) is 0. The highest BCUT2D eigenvalue weighted by Gasteiger charge is 2.15. The third-order valence-corrected chi connectivity index (χ3v) is 3.05. The smallest absolute Gasteiger partial charge is 0.271 e. The first-order valence-electron chi connectivity index (χ1n) is 5.92. The number of hydrogen-bond acceptors (Lipinski definition) is 5. The largest absolute Gasteiger partial charge is 0.436 e. The predicted octanol–water partition coefficient (Wildman–Crippen LogP) is 3.92. The summed E-state index contributed by atoms with van der Waals surface area (Å²) in [4.78, 5) is 14.3. The van der Waals surface area contributed by atoms with E-state index >= 15 is 0 Å². The molecule has 1 aromatic heterocycles. The van der Waals surface area contributed by atoms with Crippen LogP contribution in [0.15, 0.2) is 24.3 Å².